The molecule has 0 spiro atoms. The van der Waals surface area contributed by atoms with Crippen LogP contribution in [0.3, 0.4) is 0 Å². The lowest BCUT2D eigenvalue weighted by molar-refractivity contribution is 0.0476. The summed E-state index contributed by atoms with van der Waals surface area (Å²) in [7, 11) is 0. The van der Waals surface area contributed by atoms with Gasteiger partial charge < -0.3 is 4.74 Å². The van der Waals surface area contributed by atoms with E-state index >= 15 is 0 Å². The molecule has 0 aliphatic heterocycles. The Hall–Kier alpha value is -3.05. The minimum absolute atomic E-state index is 0.0269. The number of aromatic nitrogens is 2. The first-order chi connectivity index (χ1) is 12.6. The summed E-state index contributed by atoms with van der Waals surface area (Å²) >= 11 is 6.01. The average molecular weight is 367 g/mol. The fourth-order valence-electron chi connectivity index (χ4n) is 2.85. The number of halogens is 2. The van der Waals surface area contributed by atoms with Crippen molar-refractivity contribution in [1.82, 2.24) is 9.97 Å². The number of benzene rings is 2. The van der Waals surface area contributed by atoms with Gasteiger partial charge in [0.1, 0.15) is 17.6 Å². The van der Waals surface area contributed by atoms with Crippen LogP contribution in [0.5, 0.6) is 0 Å². The Kier molecular flexibility index (Phi) is 4.22. The summed E-state index contributed by atoms with van der Waals surface area (Å²) in [6.07, 6.45) is 1.57. The molecule has 26 heavy (non-hydrogen) atoms. The maximum absolute atomic E-state index is 13.9. The summed E-state index contributed by atoms with van der Waals surface area (Å²) in [4.78, 5) is 21.0. The van der Waals surface area contributed by atoms with Gasteiger partial charge in [0.2, 0.25) is 0 Å². The average Bonchev–Trinajstić information content (AvgIpc) is 2.67. The summed E-state index contributed by atoms with van der Waals surface area (Å²) in [6.45, 7) is -0.0269. The van der Waals surface area contributed by atoms with E-state index in [-0.39, 0.29) is 17.6 Å². The van der Waals surface area contributed by atoms with Crippen molar-refractivity contribution in [1.29, 1.82) is 0 Å². The summed E-state index contributed by atoms with van der Waals surface area (Å²) in [5, 5.41) is 1.26. The Morgan fingerprint density at radius 3 is 2.77 bits per heavy atom. The van der Waals surface area contributed by atoms with Gasteiger partial charge >= 0.3 is 5.97 Å². The van der Waals surface area contributed by atoms with Crippen LogP contribution in [0.1, 0.15) is 15.9 Å². The summed E-state index contributed by atoms with van der Waals surface area (Å²) in [6, 6.07) is 14.9. The maximum atomic E-state index is 13.9. The van der Waals surface area contributed by atoms with Crippen molar-refractivity contribution in [3.63, 3.8) is 0 Å². The van der Waals surface area contributed by atoms with Crippen LogP contribution in [0.25, 0.3) is 21.8 Å². The van der Waals surface area contributed by atoms with E-state index in [1.54, 1.807) is 36.5 Å². The molecule has 0 fully saturated rings. The van der Waals surface area contributed by atoms with Crippen LogP contribution in [-0.2, 0) is 11.3 Å². The third-order valence-corrected chi connectivity index (χ3v) is 4.26. The molecule has 0 unspecified atom stereocenters. The molecule has 2 heterocycles. The number of carbonyl (C=O) groups is 1. The molecule has 2 aromatic heterocycles. The monoisotopic (exact) mass is 366 g/mol. The Balaban J connectivity index is 1.66. The molecule has 128 valence electrons. The second-order valence-electron chi connectivity index (χ2n) is 5.69. The summed E-state index contributed by atoms with van der Waals surface area (Å²) in [5.74, 6) is -0.894. The number of hydrogen-bond donors (Lipinski definition) is 0. The van der Waals surface area contributed by atoms with Gasteiger partial charge in [-0.05, 0) is 30.3 Å². The van der Waals surface area contributed by atoms with Gasteiger partial charge in [0.05, 0.1) is 16.6 Å². The highest BCUT2D eigenvalue weighted by Gasteiger charge is 2.15. The number of hydrogen-bond acceptors (Lipinski definition) is 4. The zero-order valence-corrected chi connectivity index (χ0v) is 14.2. The van der Waals surface area contributed by atoms with Crippen LogP contribution in [0.4, 0.5) is 4.39 Å². The molecule has 0 saturated carbocycles. The number of rotatable bonds is 3. The van der Waals surface area contributed by atoms with E-state index in [2.05, 4.69) is 9.97 Å². The Labute approximate surface area is 153 Å². The van der Waals surface area contributed by atoms with Crippen molar-refractivity contribution in [2.75, 3.05) is 0 Å². The minimum atomic E-state index is -0.529. The van der Waals surface area contributed by atoms with Crippen LogP contribution in [0, 0.1) is 5.82 Å². The molecule has 4 rings (SSSR count). The van der Waals surface area contributed by atoms with Crippen molar-refractivity contribution < 1.29 is 13.9 Å². The zero-order chi connectivity index (χ0) is 18.1. The van der Waals surface area contributed by atoms with Gasteiger partial charge in [0.15, 0.2) is 0 Å². The first-order valence-electron chi connectivity index (χ1n) is 7.88. The Bertz CT molecular complexity index is 1150. The van der Waals surface area contributed by atoms with E-state index in [4.69, 9.17) is 16.3 Å². The lowest BCUT2D eigenvalue weighted by Crippen LogP contribution is -2.07. The van der Waals surface area contributed by atoms with Gasteiger partial charge in [-0.1, -0.05) is 35.9 Å². The molecule has 0 aliphatic rings. The van der Waals surface area contributed by atoms with Crippen molar-refractivity contribution >= 4 is 39.4 Å². The fraction of sp³-hybridized carbons (Fsp3) is 0.0500. The number of pyridine rings is 2. The molecule has 0 amide bonds. The maximum Gasteiger partial charge on any atom is 0.339 e. The van der Waals surface area contributed by atoms with E-state index in [0.717, 1.165) is 0 Å². The normalized spacial score (nSPS) is 11.0. The van der Waals surface area contributed by atoms with Crippen molar-refractivity contribution in [2.24, 2.45) is 0 Å². The van der Waals surface area contributed by atoms with Gasteiger partial charge in [-0.15, -0.1) is 0 Å². The van der Waals surface area contributed by atoms with E-state index in [0.29, 0.717) is 32.9 Å². The number of ether oxygens (including phenoxy) is 1. The molecule has 6 heteroatoms. The third-order valence-electron chi connectivity index (χ3n) is 4.06. The van der Waals surface area contributed by atoms with Crippen molar-refractivity contribution in [2.45, 2.75) is 6.61 Å². The minimum Gasteiger partial charge on any atom is -0.457 e. The van der Waals surface area contributed by atoms with Crippen LogP contribution < -0.4 is 0 Å². The molecule has 4 nitrogen and oxygen atoms in total. The van der Waals surface area contributed by atoms with Gasteiger partial charge in [-0.25, -0.2) is 14.2 Å². The van der Waals surface area contributed by atoms with Gasteiger partial charge in [-0.3, -0.25) is 4.98 Å². The zero-order valence-electron chi connectivity index (χ0n) is 13.4. The first-order valence-corrected chi connectivity index (χ1v) is 8.26. The van der Waals surface area contributed by atoms with Gasteiger partial charge in [-0.2, -0.15) is 0 Å². The first kappa shape index (κ1) is 16.4. The van der Waals surface area contributed by atoms with Crippen LogP contribution in [-0.4, -0.2) is 15.9 Å². The summed E-state index contributed by atoms with van der Waals surface area (Å²) in [5.41, 5.74) is 2.04. The molecular weight excluding hydrogens is 355 g/mol. The van der Waals surface area contributed by atoms with Crippen molar-refractivity contribution in [3.8, 4) is 0 Å². The standard InChI is InChI=1S/C20H12ClFN2O2/c21-18-10-15(13-4-1-2-6-17(13)24-18)20(25)26-11-12-7-8-16(22)14-5-3-9-23-19(12)14/h1-10H,11H2. The lowest BCUT2D eigenvalue weighted by atomic mass is 10.1. The number of esters is 1. The Morgan fingerprint density at radius 2 is 1.88 bits per heavy atom. The second kappa shape index (κ2) is 6.69. The molecule has 0 N–H and O–H groups in total. The molecule has 0 saturated heterocycles. The van der Waals surface area contributed by atoms with Crippen molar-refractivity contribution in [3.05, 3.63) is 82.9 Å². The van der Waals surface area contributed by atoms with E-state index < -0.39 is 5.97 Å². The van der Waals surface area contributed by atoms with Crippen LogP contribution in [0.15, 0.2) is 60.8 Å². The molecule has 0 bridgehead atoms. The number of carbonyl (C=O) groups excluding carboxylic acids is 1. The molecule has 0 radical (unpaired) electrons. The highest BCUT2D eigenvalue weighted by molar-refractivity contribution is 6.30. The number of fused-ring (bicyclic) bond motifs is 2. The largest absolute Gasteiger partial charge is 0.457 e. The molecule has 4 aromatic rings. The van der Waals surface area contributed by atoms with Crippen LogP contribution in [0.2, 0.25) is 5.15 Å². The quantitative estimate of drug-likeness (QED) is 0.381. The molecule has 2 aromatic carbocycles. The molecule has 0 atom stereocenters. The van der Waals surface area contributed by atoms with E-state index in [1.807, 2.05) is 12.1 Å². The van der Waals surface area contributed by atoms with Crippen LogP contribution >= 0.6 is 11.6 Å². The highest BCUT2D eigenvalue weighted by atomic mass is 35.5. The molecule has 0 aliphatic carbocycles. The van der Waals surface area contributed by atoms with Gasteiger partial charge in [0.25, 0.3) is 0 Å². The lowest BCUT2D eigenvalue weighted by Gasteiger charge is -2.10. The summed E-state index contributed by atoms with van der Waals surface area (Å²) < 4.78 is 19.3. The van der Waals surface area contributed by atoms with E-state index in [1.165, 1.54) is 12.1 Å². The van der Waals surface area contributed by atoms with Gasteiger partial charge in [0, 0.05) is 22.5 Å². The Morgan fingerprint density at radius 1 is 1.08 bits per heavy atom. The predicted octanol–water partition coefficient (Wildman–Crippen LogP) is 4.93. The fourth-order valence-corrected chi connectivity index (χ4v) is 3.05. The van der Waals surface area contributed by atoms with E-state index in [9.17, 15) is 9.18 Å². The second-order valence-corrected chi connectivity index (χ2v) is 6.08. The predicted molar refractivity (Wildman–Crippen MR) is 97.6 cm³/mol. The highest BCUT2D eigenvalue weighted by Crippen LogP contribution is 2.24. The SMILES string of the molecule is O=C(OCc1ccc(F)c2cccnc12)c1cc(Cl)nc2ccccc12. The molecular formula is C20H12ClFN2O2. The third kappa shape index (κ3) is 2.97. The number of nitrogens with zero attached hydrogens (tertiary/aromatic N) is 2. The topological polar surface area (TPSA) is 52.1 Å². The smallest absolute Gasteiger partial charge is 0.339 e. The number of para-hydroxylation sites is 1.